The molecule has 1 amide bonds. The summed E-state index contributed by atoms with van der Waals surface area (Å²) in [5.41, 5.74) is 0. The fraction of sp³-hybridized carbons (Fsp3) is 0.917. The van der Waals surface area contributed by atoms with E-state index in [9.17, 15) is 4.79 Å². The van der Waals surface area contributed by atoms with E-state index in [0.29, 0.717) is 6.04 Å². The van der Waals surface area contributed by atoms with Crippen LogP contribution < -0.4 is 5.32 Å². The maximum absolute atomic E-state index is 12.2. The Morgan fingerprint density at radius 1 is 1.50 bits per heavy atom. The third kappa shape index (κ3) is 2.95. The van der Waals surface area contributed by atoms with E-state index >= 15 is 0 Å². The van der Waals surface area contributed by atoms with Crippen LogP contribution in [0.25, 0.3) is 0 Å². The maximum atomic E-state index is 12.2. The van der Waals surface area contributed by atoms with Crippen LogP contribution in [0.3, 0.4) is 0 Å². The van der Waals surface area contributed by atoms with Gasteiger partial charge in [-0.25, -0.2) is 0 Å². The van der Waals surface area contributed by atoms with Crippen LogP contribution >= 0.6 is 0 Å². The van der Waals surface area contributed by atoms with Gasteiger partial charge in [0.15, 0.2) is 0 Å². The predicted molar refractivity (Wildman–Crippen MR) is 66.4 cm³/mol. The van der Waals surface area contributed by atoms with E-state index in [4.69, 9.17) is 0 Å². The van der Waals surface area contributed by atoms with Gasteiger partial charge < -0.3 is 10.2 Å². The summed E-state index contributed by atoms with van der Waals surface area (Å²) in [5.74, 6) is 0.266. The van der Waals surface area contributed by atoms with E-state index in [1.165, 1.54) is 0 Å². The highest BCUT2D eigenvalue weighted by atomic mass is 16.2. The Balaban J connectivity index is 2.51. The molecule has 1 aliphatic heterocycles. The van der Waals surface area contributed by atoms with Crippen molar-refractivity contribution in [3.05, 3.63) is 0 Å². The molecule has 0 aromatic rings. The highest BCUT2D eigenvalue weighted by molar-refractivity contribution is 5.81. The number of amides is 1. The molecule has 2 atom stereocenters. The molecule has 16 heavy (non-hydrogen) atoms. The van der Waals surface area contributed by atoms with Gasteiger partial charge in [-0.3, -0.25) is 9.69 Å². The van der Waals surface area contributed by atoms with E-state index in [1.807, 2.05) is 32.7 Å². The third-order valence-corrected chi connectivity index (χ3v) is 3.61. The summed E-state index contributed by atoms with van der Waals surface area (Å²) in [6.45, 7) is 9.73. The first kappa shape index (κ1) is 13.5. The van der Waals surface area contributed by atoms with Crippen LogP contribution in [0, 0.1) is 0 Å². The number of hydrogen-bond donors (Lipinski definition) is 1. The average Bonchev–Trinajstić information content (AvgIpc) is 2.78. The van der Waals surface area contributed by atoms with Gasteiger partial charge in [0.05, 0.1) is 6.04 Å². The molecule has 1 rings (SSSR count). The highest BCUT2D eigenvalue weighted by Crippen LogP contribution is 2.14. The monoisotopic (exact) mass is 227 g/mol. The second kappa shape index (κ2) is 6.21. The number of likely N-dealkylation sites (N-methyl/N-ethyl adjacent to an activating group) is 2. The van der Waals surface area contributed by atoms with Crippen molar-refractivity contribution in [2.45, 2.75) is 39.3 Å². The molecule has 2 unspecified atom stereocenters. The molecule has 1 fully saturated rings. The lowest BCUT2D eigenvalue weighted by molar-refractivity contribution is -0.135. The molecule has 1 N–H and O–H groups in total. The van der Waals surface area contributed by atoms with Crippen LogP contribution in [0.15, 0.2) is 0 Å². The fourth-order valence-electron chi connectivity index (χ4n) is 2.33. The van der Waals surface area contributed by atoms with Gasteiger partial charge in [-0.2, -0.15) is 0 Å². The maximum Gasteiger partial charge on any atom is 0.239 e. The Bertz CT molecular complexity index is 228. The Morgan fingerprint density at radius 3 is 2.56 bits per heavy atom. The Hall–Kier alpha value is -0.610. The molecule has 0 aromatic carbocycles. The van der Waals surface area contributed by atoms with Gasteiger partial charge in [0.25, 0.3) is 0 Å². The van der Waals surface area contributed by atoms with Crippen molar-refractivity contribution in [3.8, 4) is 0 Å². The van der Waals surface area contributed by atoms with Crippen molar-refractivity contribution in [2.75, 3.05) is 33.2 Å². The minimum atomic E-state index is 0.0262. The molecule has 4 nitrogen and oxygen atoms in total. The van der Waals surface area contributed by atoms with Gasteiger partial charge in [-0.05, 0) is 34.2 Å². The molecule has 0 aliphatic carbocycles. The zero-order valence-corrected chi connectivity index (χ0v) is 11.0. The van der Waals surface area contributed by atoms with Crippen LogP contribution in [-0.4, -0.2) is 61.0 Å². The smallest absolute Gasteiger partial charge is 0.239 e. The number of nitrogens with one attached hydrogen (secondary N) is 1. The van der Waals surface area contributed by atoms with Crippen LogP contribution in [0.4, 0.5) is 0 Å². The molecule has 0 saturated carbocycles. The number of hydrogen-bond acceptors (Lipinski definition) is 3. The van der Waals surface area contributed by atoms with Crippen molar-refractivity contribution in [3.63, 3.8) is 0 Å². The van der Waals surface area contributed by atoms with Crippen molar-refractivity contribution in [2.24, 2.45) is 0 Å². The minimum absolute atomic E-state index is 0.0262. The lowest BCUT2D eigenvalue weighted by atomic mass is 10.2. The lowest BCUT2D eigenvalue weighted by Gasteiger charge is -2.29. The van der Waals surface area contributed by atoms with Gasteiger partial charge >= 0.3 is 0 Å². The largest absolute Gasteiger partial charge is 0.342 e. The normalized spacial score (nSPS) is 23.4. The first-order valence-electron chi connectivity index (χ1n) is 6.34. The van der Waals surface area contributed by atoms with E-state index in [-0.39, 0.29) is 11.9 Å². The van der Waals surface area contributed by atoms with Gasteiger partial charge in [-0.1, -0.05) is 0 Å². The number of nitrogens with zero attached hydrogens (tertiary/aromatic N) is 2. The Kier molecular flexibility index (Phi) is 5.22. The van der Waals surface area contributed by atoms with Crippen molar-refractivity contribution in [1.29, 1.82) is 0 Å². The molecule has 94 valence electrons. The summed E-state index contributed by atoms with van der Waals surface area (Å²) >= 11 is 0. The van der Waals surface area contributed by atoms with Crippen LogP contribution in [0.1, 0.15) is 27.2 Å². The zero-order valence-electron chi connectivity index (χ0n) is 11.0. The first-order chi connectivity index (χ1) is 7.63. The number of carbonyl (C=O) groups is 1. The van der Waals surface area contributed by atoms with Crippen molar-refractivity contribution in [1.82, 2.24) is 15.1 Å². The Labute approximate surface area is 99.0 Å². The predicted octanol–water partition coefficient (Wildman–Crippen LogP) is 0.537. The fourth-order valence-corrected chi connectivity index (χ4v) is 2.33. The summed E-state index contributed by atoms with van der Waals surface area (Å²) in [4.78, 5) is 16.3. The summed E-state index contributed by atoms with van der Waals surface area (Å²) in [6.07, 6.45) is 1.15. The van der Waals surface area contributed by atoms with Crippen LogP contribution in [-0.2, 0) is 4.79 Å². The van der Waals surface area contributed by atoms with Gasteiger partial charge in [0.1, 0.15) is 0 Å². The molecular formula is C12H25N3O. The summed E-state index contributed by atoms with van der Waals surface area (Å²) in [5, 5.41) is 3.28. The van der Waals surface area contributed by atoms with Crippen LogP contribution in [0.5, 0.6) is 0 Å². The van der Waals surface area contributed by atoms with Gasteiger partial charge in [-0.15, -0.1) is 0 Å². The highest BCUT2D eigenvalue weighted by Gasteiger charge is 2.30. The molecule has 1 aliphatic rings. The molecule has 0 aromatic heterocycles. The first-order valence-corrected chi connectivity index (χ1v) is 6.34. The quantitative estimate of drug-likeness (QED) is 0.744. The van der Waals surface area contributed by atoms with E-state index in [0.717, 1.165) is 32.6 Å². The molecule has 0 spiro atoms. The second-order valence-corrected chi connectivity index (χ2v) is 4.46. The molecule has 1 heterocycles. The van der Waals surface area contributed by atoms with E-state index in [1.54, 1.807) is 0 Å². The zero-order chi connectivity index (χ0) is 12.1. The molecule has 4 heteroatoms. The average molecular weight is 227 g/mol. The minimum Gasteiger partial charge on any atom is -0.342 e. The van der Waals surface area contributed by atoms with Crippen molar-refractivity contribution >= 4 is 5.91 Å². The number of rotatable bonds is 5. The summed E-state index contributed by atoms with van der Waals surface area (Å²) < 4.78 is 0. The standard InChI is InChI=1S/C12H25N3O/c1-5-14(6-2)12(16)10(3)15-8-7-11(9-15)13-4/h10-11,13H,5-9H2,1-4H3. The number of carbonyl (C=O) groups excluding carboxylic acids is 1. The van der Waals surface area contributed by atoms with Gasteiger partial charge in [0.2, 0.25) is 5.91 Å². The molecule has 0 radical (unpaired) electrons. The topological polar surface area (TPSA) is 35.6 Å². The third-order valence-electron chi connectivity index (χ3n) is 3.61. The van der Waals surface area contributed by atoms with Crippen molar-refractivity contribution < 1.29 is 4.79 Å². The molecule has 1 saturated heterocycles. The van der Waals surface area contributed by atoms with E-state index in [2.05, 4.69) is 10.2 Å². The lowest BCUT2D eigenvalue weighted by Crippen LogP contribution is -2.47. The van der Waals surface area contributed by atoms with E-state index < -0.39 is 0 Å². The summed E-state index contributed by atoms with van der Waals surface area (Å²) in [6, 6.07) is 0.574. The van der Waals surface area contributed by atoms with Gasteiger partial charge in [0, 0.05) is 32.2 Å². The summed E-state index contributed by atoms with van der Waals surface area (Å²) in [7, 11) is 1.99. The van der Waals surface area contributed by atoms with Crippen LogP contribution in [0.2, 0.25) is 0 Å². The second-order valence-electron chi connectivity index (χ2n) is 4.46. The SMILES string of the molecule is CCN(CC)C(=O)C(C)N1CCC(NC)C1. The number of likely N-dealkylation sites (tertiary alicyclic amines) is 1. The molecular weight excluding hydrogens is 202 g/mol. The Morgan fingerprint density at radius 2 is 2.12 bits per heavy atom. The molecule has 0 bridgehead atoms.